The van der Waals surface area contributed by atoms with Gasteiger partial charge in [-0.3, -0.25) is 0 Å². The second kappa shape index (κ2) is 6.00. The molecule has 1 aliphatic rings. The summed E-state index contributed by atoms with van der Waals surface area (Å²) in [5, 5.41) is 19.0. The molecule has 1 atom stereocenters. The molecule has 9 heteroatoms. The van der Waals surface area contributed by atoms with Gasteiger partial charge in [0.15, 0.2) is 9.84 Å². The molecule has 136 valence electrons. The quantitative estimate of drug-likeness (QED) is 0.874. The van der Waals surface area contributed by atoms with Crippen LogP contribution < -0.4 is 4.74 Å². The Bertz CT molecular complexity index is 1190. The van der Waals surface area contributed by atoms with Crippen LogP contribution in [-0.4, -0.2) is 25.6 Å². The molecule has 0 fully saturated rings. The highest BCUT2D eigenvalue weighted by Crippen LogP contribution is 2.49. The average Bonchev–Trinajstić information content (AvgIpc) is 2.79. The molecule has 0 bridgehead atoms. The summed E-state index contributed by atoms with van der Waals surface area (Å²) in [6, 6.07) is 5.97. The van der Waals surface area contributed by atoms with Crippen molar-refractivity contribution in [1.29, 1.82) is 5.26 Å². The van der Waals surface area contributed by atoms with E-state index in [1.807, 2.05) is 0 Å². The van der Waals surface area contributed by atoms with Crippen molar-refractivity contribution in [1.82, 2.24) is 0 Å². The fourth-order valence-corrected chi connectivity index (χ4v) is 3.40. The highest BCUT2D eigenvalue weighted by molar-refractivity contribution is 7.90. The topological polar surface area (TPSA) is 87.4 Å². The molecule has 0 radical (unpaired) electrons. The maximum atomic E-state index is 14.3. The number of fused-ring (bicyclic) bond motifs is 1. The van der Waals surface area contributed by atoms with Gasteiger partial charge in [-0.05, 0) is 24.3 Å². The molecule has 0 unspecified atom stereocenters. The predicted molar refractivity (Wildman–Crippen MR) is 84.4 cm³/mol. The zero-order valence-corrected chi connectivity index (χ0v) is 13.6. The van der Waals surface area contributed by atoms with Crippen molar-refractivity contribution in [2.75, 3.05) is 6.18 Å². The number of aliphatic hydroxyl groups is 1. The standard InChI is InChI=1S/C17H12F3NO4S/c1-26(23,24)14-3-2-13(12-7-17(19,20)16(22)15(12)14)25-11-5-9(8-21)4-10(18)6-11/h2-6,16,22H,7H2,1H3/t16-/m1/s1/i1D3,16D. The molecule has 3 rings (SSSR count). The molecule has 0 aliphatic heterocycles. The van der Waals surface area contributed by atoms with Gasteiger partial charge in [-0.2, -0.15) is 5.26 Å². The number of hydrogen-bond acceptors (Lipinski definition) is 5. The van der Waals surface area contributed by atoms with E-state index in [0.29, 0.717) is 6.07 Å². The molecule has 2 aromatic rings. The van der Waals surface area contributed by atoms with Crippen molar-refractivity contribution in [3.8, 4) is 17.6 Å². The number of rotatable bonds is 3. The van der Waals surface area contributed by atoms with Crippen LogP contribution in [0.5, 0.6) is 11.5 Å². The smallest absolute Gasteiger partial charge is 0.281 e. The summed E-state index contributed by atoms with van der Waals surface area (Å²) < 4.78 is 102. The van der Waals surface area contributed by atoms with E-state index >= 15 is 0 Å². The summed E-state index contributed by atoms with van der Waals surface area (Å²) in [7, 11) is -5.20. The van der Waals surface area contributed by atoms with Crippen molar-refractivity contribution in [3.63, 3.8) is 0 Å². The van der Waals surface area contributed by atoms with Crippen LogP contribution in [0.3, 0.4) is 0 Å². The predicted octanol–water partition coefficient (Wildman–Crippen LogP) is 3.12. The van der Waals surface area contributed by atoms with Gasteiger partial charge in [0, 0.05) is 33.9 Å². The molecule has 0 heterocycles. The van der Waals surface area contributed by atoms with Gasteiger partial charge < -0.3 is 9.84 Å². The highest BCUT2D eigenvalue weighted by atomic mass is 32.2. The maximum Gasteiger partial charge on any atom is 0.281 e. The highest BCUT2D eigenvalue weighted by Gasteiger charge is 2.50. The maximum absolute atomic E-state index is 14.3. The number of nitrogens with zero attached hydrogens (tertiary/aromatic N) is 1. The van der Waals surface area contributed by atoms with Gasteiger partial charge in [-0.25, -0.2) is 21.6 Å². The van der Waals surface area contributed by atoms with Gasteiger partial charge in [-0.15, -0.1) is 0 Å². The lowest BCUT2D eigenvalue weighted by Crippen LogP contribution is -2.22. The van der Waals surface area contributed by atoms with Crippen molar-refractivity contribution in [2.45, 2.75) is 23.3 Å². The number of sulfone groups is 1. The van der Waals surface area contributed by atoms with E-state index < -0.39 is 62.0 Å². The van der Waals surface area contributed by atoms with Crippen molar-refractivity contribution in [2.24, 2.45) is 0 Å². The normalized spacial score (nSPS) is 23.8. The minimum absolute atomic E-state index is 0.148. The van der Waals surface area contributed by atoms with E-state index in [-0.39, 0.29) is 11.3 Å². The fourth-order valence-electron chi connectivity index (χ4n) is 2.66. The second-order valence-corrected chi connectivity index (χ2v) is 6.98. The second-order valence-electron chi connectivity index (χ2n) is 5.54. The Kier molecular flexibility index (Phi) is 3.14. The first kappa shape index (κ1) is 13.6. The molecule has 0 saturated heterocycles. The van der Waals surface area contributed by atoms with Crippen LogP contribution in [0.15, 0.2) is 35.2 Å². The van der Waals surface area contributed by atoms with Crippen LogP contribution in [0.2, 0.25) is 0 Å². The van der Waals surface area contributed by atoms with Crippen molar-refractivity contribution < 1.29 is 36.9 Å². The number of halogens is 3. The Labute approximate surface area is 152 Å². The molecular weight excluding hydrogens is 371 g/mol. The van der Waals surface area contributed by atoms with E-state index in [9.17, 15) is 26.7 Å². The zero-order chi connectivity index (χ0) is 22.7. The number of hydrogen-bond donors (Lipinski definition) is 1. The van der Waals surface area contributed by atoms with Gasteiger partial charge in [0.1, 0.15) is 23.4 Å². The molecule has 0 amide bonds. The van der Waals surface area contributed by atoms with E-state index in [0.717, 1.165) is 24.3 Å². The number of alkyl halides is 2. The third kappa shape index (κ3) is 3.13. The molecule has 2 aromatic carbocycles. The number of nitriles is 1. The Morgan fingerprint density at radius 3 is 2.81 bits per heavy atom. The first-order chi connectivity index (χ1) is 13.6. The Balaban J connectivity index is 2.25. The zero-order valence-electron chi connectivity index (χ0n) is 16.8. The molecule has 1 N–H and O–H groups in total. The van der Waals surface area contributed by atoms with Crippen LogP contribution in [-0.2, 0) is 16.3 Å². The van der Waals surface area contributed by atoms with Crippen LogP contribution in [0.1, 0.15) is 28.3 Å². The molecule has 1 aliphatic carbocycles. The summed E-state index contributed by atoms with van der Waals surface area (Å²) in [6.07, 6.45) is -8.72. The molecule has 0 saturated carbocycles. The van der Waals surface area contributed by atoms with E-state index in [2.05, 4.69) is 0 Å². The summed E-state index contributed by atoms with van der Waals surface area (Å²) in [5.41, 5.74) is -1.89. The largest absolute Gasteiger partial charge is 0.457 e. The lowest BCUT2D eigenvalue weighted by molar-refractivity contribution is -0.0976. The summed E-state index contributed by atoms with van der Waals surface area (Å²) in [4.78, 5) is -1.16. The van der Waals surface area contributed by atoms with Crippen molar-refractivity contribution >= 4 is 9.84 Å². The molecule has 5 nitrogen and oxygen atoms in total. The van der Waals surface area contributed by atoms with Crippen LogP contribution >= 0.6 is 0 Å². The number of benzene rings is 2. The lowest BCUT2D eigenvalue weighted by Gasteiger charge is -2.15. The third-order valence-corrected chi connectivity index (χ3v) is 4.65. The SMILES string of the molecule is [2H]C([2H])([2H])S(=O)(=O)c1ccc(Oc2cc(F)cc(C#N)c2)c2c1[C@@]([2H])(O)C(F)(F)C2. The number of ether oxygens (including phenoxy) is 1. The first-order valence-corrected chi connectivity index (χ1v) is 8.50. The Morgan fingerprint density at radius 1 is 1.42 bits per heavy atom. The van der Waals surface area contributed by atoms with E-state index in [4.69, 9.17) is 15.5 Å². The minimum Gasteiger partial charge on any atom is -0.457 e. The fraction of sp³-hybridized carbons (Fsp3) is 0.235. The lowest BCUT2D eigenvalue weighted by atomic mass is 10.1. The van der Waals surface area contributed by atoms with Crippen LogP contribution in [0, 0.1) is 17.1 Å². The van der Waals surface area contributed by atoms with Crippen LogP contribution in [0.25, 0.3) is 0 Å². The van der Waals surface area contributed by atoms with Gasteiger partial charge in [0.05, 0.1) is 17.9 Å². The minimum atomic E-state index is -5.20. The van der Waals surface area contributed by atoms with Gasteiger partial charge in [0.25, 0.3) is 5.92 Å². The monoisotopic (exact) mass is 387 g/mol. The summed E-state index contributed by atoms with van der Waals surface area (Å²) in [5.74, 6) is -5.78. The van der Waals surface area contributed by atoms with Gasteiger partial charge in [-0.1, -0.05) is 0 Å². The molecule has 0 spiro atoms. The van der Waals surface area contributed by atoms with E-state index in [1.165, 1.54) is 0 Å². The van der Waals surface area contributed by atoms with Crippen molar-refractivity contribution in [3.05, 3.63) is 52.8 Å². The molecular formula is C17H12F3NO4S. The summed E-state index contributed by atoms with van der Waals surface area (Å²) in [6.45, 7) is 0. The molecule has 0 aromatic heterocycles. The Morgan fingerprint density at radius 2 is 2.15 bits per heavy atom. The summed E-state index contributed by atoms with van der Waals surface area (Å²) >= 11 is 0. The average molecular weight is 387 g/mol. The van der Waals surface area contributed by atoms with E-state index in [1.54, 1.807) is 6.07 Å². The van der Waals surface area contributed by atoms with Crippen LogP contribution in [0.4, 0.5) is 13.2 Å². The third-order valence-electron chi connectivity index (χ3n) is 3.73. The Hall–Kier alpha value is -2.57. The van der Waals surface area contributed by atoms with Gasteiger partial charge >= 0.3 is 0 Å². The first-order valence-electron chi connectivity index (χ1n) is 9.01. The van der Waals surface area contributed by atoms with Gasteiger partial charge in [0.2, 0.25) is 0 Å². The molecule has 26 heavy (non-hydrogen) atoms.